The maximum atomic E-state index is 5.75. The van der Waals surface area contributed by atoms with Crippen molar-refractivity contribution in [1.82, 2.24) is 10.2 Å². The summed E-state index contributed by atoms with van der Waals surface area (Å²) in [5.74, 6) is 0. The molecule has 0 aliphatic carbocycles. The van der Waals surface area contributed by atoms with E-state index in [0.29, 0.717) is 12.1 Å². The van der Waals surface area contributed by atoms with Gasteiger partial charge in [-0.3, -0.25) is 4.90 Å². The fourth-order valence-corrected chi connectivity index (χ4v) is 2.82. The third-order valence-electron chi connectivity index (χ3n) is 4.08. The van der Waals surface area contributed by atoms with Crippen LogP contribution in [0.4, 0.5) is 0 Å². The van der Waals surface area contributed by atoms with E-state index < -0.39 is 0 Å². The number of hydrogen-bond donors (Lipinski definition) is 1. The van der Waals surface area contributed by atoms with Crippen molar-refractivity contribution < 1.29 is 4.74 Å². The second-order valence-electron chi connectivity index (χ2n) is 7.29. The average Bonchev–Trinajstić information content (AvgIpc) is 2.36. The SMILES string of the molecule is CCC1COC(C)CN1CCCCCCNC(C)(C)C. The summed E-state index contributed by atoms with van der Waals surface area (Å²) in [6, 6.07) is 0.647. The zero-order valence-electron chi connectivity index (χ0n) is 14.4. The van der Waals surface area contributed by atoms with Crippen LogP contribution in [-0.2, 0) is 4.74 Å². The van der Waals surface area contributed by atoms with Crippen molar-refractivity contribution in [1.29, 1.82) is 0 Å². The van der Waals surface area contributed by atoms with Gasteiger partial charge in [-0.1, -0.05) is 19.8 Å². The largest absolute Gasteiger partial charge is 0.376 e. The Morgan fingerprint density at radius 2 is 1.85 bits per heavy atom. The van der Waals surface area contributed by atoms with Gasteiger partial charge in [-0.05, 0) is 60.0 Å². The number of morpholine rings is 1. The first kappa shape index (κ1) is 17.9. The number of nitrogens with zero attached hydrogens (tertiary/aromatic N) is 1. The highest BCUT2D eigenvalue weighted by Gasteiger charge is 2.24. The van der Waals surface area contributed by atoms with Crippen molar-refractivity contribution in [2.75, 3.05) is 26.2 Å². The van der Waals surface area contributed by atoms with Crippen LogP contribution in [0.5, 0.6) is 0 Å². The van der Waals surface area contributed by atoms with Gasteiger partial charge in [0.15, 0.2) is 0 Å². The fourth-order valence-electron chi connectivity index (χ4n) is 2.82. The highest BCUT2D eigenvalue weighted by atomic mass is 16.5. The molecule has 1 aliphatic heterocycles. The molecule has 0 saturated carbocycles. The average molecular weight is 284 g/mol. The zero-order valence-corrected chi connectivity index (χ0v) is 14.4. The minimum Gasteiger partial charge on any atom is -0.376 e. The van der Waals surface area contributed by atoms with E-state index in [-0.39, 0.29) is 5.54 Å². The lowest BCUT2D eigenvalue weighted by molar-refractivity contribution is -0.0561. The molecule has 2 atom stereocenters. The van der Waals surface area contributed by atoms with Gasteiger partial charge in [0.2, 0.25) is 0 Å². The molecule has 0 aromatic rings. The Balaban J connectivity index is 2.05. The van der Waals surface area contributed by atoms with E-state index in [1.54, 1.807) is 0 Å². The topological polar surface area (TPSA) is 24.5 Å². The molecular weight excluding hydrogens is 248 g/mol. The zero-order chi connectivity index (χ0) is 15.0. The van der Waals surface area contributed by atoms with Crippen molar-refractivity contribution in [2.45, 2.75) is 84.4 Å². The van der Waals surface area contributed by atoms with Crippen LogP contribution in [-0.4, -0.2) is 48.8 Å². The maximum absolute atomic E-state index is 5.75. The Labute approximate surface area is 126 Å². The van der Waals surface area contributed by atoms with Crippen molar-refractivity contribution in [3.05, 3.63) is 0 Å². The Bertz CT molecular complexity index is 250. The molecule has 1 saturated heterocycles. The van der Waals surface area contributed by atoms with Crippen LogP contribution in [0.1, 0.15) is 66.7 Å². The standard InChI is InChI=1S/C17H36N2O/c1-6-16-14-20-15(2)13-19(16)12-10-8-7-9-11-18-17(3,4)5/h15-16,18H,6-14H2,1-5H3. The smallest absolute Gasteiger partial charge is 0.0674 e. The summed E-state index contributed by atoms with van der Waals surface area (Å²) >= 11 is 0. The second-order valence-corrected chi connectivity index (χ2v) is 7.29. The Hall–Kier alpha value is -0.120. The normalized spacial score (nSPS) is 25.1. The van der Waals surface area contributed by atoms with E-state index in [9.17, 15) is 0 Å². The first-order chi connectivity index (χ1) is 9.42. The van der Waals surface area contributed by atoms with Gasteiger partial charge in [0.25, 0.3) is 0 Å². The number of unbranched alkanes of at least 4 members (excludes halogenated alkanes) is 3. The van der Waals surface area contributed by atoms with Crippen molar-refractivity contribution in [3.8, 4) is 0 Å². The highest BCUT2D eigenvalue weighted by molar-refractivity contribution is 4.77. The van der Waals surface area contributed by atoms with Crippen LogP contribution < -0.4 is 5.32 Å². The molecule has 1 rings (SSSR count). The van der Waals surface area contributed by atoms with Gasteiger partial charge < -0.3 is 10.1 Å². The van der Waals surface area contributed by atoms with Gasteiger partial charge in [-0.25, -0.2) is 0 Å². The first-order valence-corrected chi connectivity index (χ1v) is 8.53. The predicted molar refractivity (Wildman–Crippen MR) is 87.3 cm³/mol. The molecule has 0 aromatic carbocycles. The lowest BCUT2D eigenvalue weighted by atomic mass is 10.1. The number of rotatable bonds is 8. The van der Waals surface area contributed by atoms with Gasteiger partial charge in [-0.2, -0.15) is 0 Å². The van der Waals surface area contributed by atoms with Crippen molar-refractivity contribution >= 4 is 0 Å². The number of hydrogen-bond acceptors (Lipinski definition) is 3. The first-order valence-electron chi connectivity index (χ1n) is 8.53. The molecule has 0 bridgehead atoms. The summed E-state index contributed by atoms with van der Waals surface area (Å²) < 4.78 is 5.75. The quantitative estimate of drug-likeness (QED) is 0.691. The van der Waals surface area contributed by atoms with Crippen LogP contribution in [0.3, 0.4) is 0 Å². The summed E-state index contributed by atoms with van der Waals surface area (Å²) in [5, 5.41) is 3.56. The van der Waals surface area contributed by atoms with Gasteiger partial charge in [0.1, 0.15) is 0 Å². The summed E-state index contributed by atoms with van der Waals surface area (Å²) in [5.41, 5.74) is 0.262. The fraction of sp³-hybridized carbons (Fsp3) is 1.00. The molecule has 0 spiro atoms. The van der Waals surface area contributed by atoms with Crippen molar-refractivity contribution in [2.24, 2.45) is 0 Å². The molecule has 2 unspecified atom stereocenters. The third kappa shape index (κ3) is 7.61. The summed E-state index contributed by atoms with van der Waals surface area (Å²) in [6.07, 6.45) is 6.96. The molecular formula is C17H36N2O. The second kappa shape index (κ2) is 9.01. The van der Waals surface area contributed by atoms with Crippen LogP contribution in [0.2, 0.25) is 0 Å². The molecule has 1 heterocycles. The van der Waals surface area contributed by atoms with Gasteiger partial charge in [0.05, 0.1) is 12.7 Å². The monoisotopic (exact) mass is 284 g/mol. The predicted octanol–water partition coefficient (Wildman–Crippen LogP) is 3.43. The van der Waals surface area contributed by atoms with Crippen LogP contribution >= 0.6 is 0 Å². The van der Waals surface area contributed by atoms with Crippen LogP contribution in [0, 0.1) is 0 Å². The molecule has 0 radical (unpaired) electrons. The highest BCUT2D eigenvalue weighted by Crippen LogP contribution is 2.15. The van der Waals surface area contributed by atoms with Gasteiger partial charge in [0, 0.05) is 18.1 Å². The maximum Gasteiger partial charge on any atom is 0.0674 e. The van der Waals surface area contributed by atoms with Crippen LogP contribution in [0.15, 0.2) is 0 Å². The lowest BCUT2D eigenvalue weighted by Gasteiger charge is -2.38. The van der Waals surface area contributed by atoms with Crippen LogP contribution in [0.25, 0.3) is 0 Å². The summed E-state index contributed by atoms with van der Waals surface area (Å²) in [7, 11) is 0. The molecule has 3 nitrogen and oxygen atoms in total. The minimum atomic E-state index is 0.262. The molecule has 20 heavy (non-hydrogen) atoms. The Kier molecular flexibility index (Phi) is 8.08. The number of ether oxygens (including phenoxy) is 1. The van der Waals surface area contributed by atoms with E-state index in [1.807, 2.05) is 0 Å². The minimum absolute atomic E-state index is 0.262. The molecule has 0 amide bonds. The Morgan fingerprint density at radius 1 is 1.15 bits per heavy atom. The van der Waals surface area contributed by atoms with E-state index in [0.717, 1.165) is 19.7 Å². The third-order valence-corrected chi connectivity index (χ3v) is 4.08. The number of nitrogens with one attached hydrogen (secondary N) is 1. The Morgan fingerprint density at radius 3 is 2.50 bits per heavy atom. The summed E-state index contributed by atoms with van der Waals surface area (Å²) in [4.78, 5) is 2.64. The van der Waals surface area contributed by atoms with Crippen molar-refractivity contribution in [3.63, 3.8) is 0 Å². The summed E-state index contributed by atoms with van der Waals surface area (Å²) in [6.45, 7) is 15.6. The van der Waals surface area contributed by atoms with Gasteiger partial charge >= 0.3 is 0 Å². The van der Waals surface area contributed by atoms with E-state index in [2.05, 4.69) is 44.8 Å². The molecule has 3 heteroatoms. The van der Waals surface area contributed by atoms with E-state index in [4.69, 9.17) is 4.74 Å². The molecule has 120 valence electrons. The molecule has 0 aromatic heterocycles. The lowest BCUT2D eigenvalue weighted by Crippen LogP contribution is -2.48. The van der Waals surface area contributed by atoms with Gasteiger partial charge in [-0.15, -0.1) is 0 Å². The van der Waals surface area contributed by atoms with E-state index >= 15 is 0 Å². The molecule has 1 aliphatic rings. The molecule has 1 fully saturated rings. The molecule has 1 N–H and O–H groups in total. The van der Waals surface area contributed by atoms with E-state index in [1.165, 1.54) is 38.6 Å².